The average Bonchev–Trinajstić information content (AvgIpc) is 2.41. The first-order chi connectivity index (χ1) is 9.91. The Labute approximate surface area is 127 Å². The molecule has 5 nitrogen and oxygen atoms in total. The van der Waals surface area contributed by atoms with E-state index in [1.165, 1.54) is 0 Å². The van der Waals surface area contributed by atoms with Crippen molar-refractivity contribution >= 4 is 15.5 Å². The van der Waals surface area contributed by atoms with Gasteiger partial charge < -0.3 is 14.8 Å². The van der Waals surface area contributed by atoms with Gasteiger partial charge in [-0.15, -0.1) is 0 Å². The van der Waals surface area contributed by atoms with Crippen LogP contribution in [0, 0.1) is 0 Å². The summed E-state index contributed by atoms with van der Waals surface area (Å²) in [7, 11) is -3.02. The molecule has 0 saturated carbocycles. The van der Waals surface area contributed by atoms with Crippen LogP contribution in [0.1, 0.15) is 27.7 Å². The SMILES string of the molecule is CCOc1ccc(OCC)c(NC(C)CS(=O)(=O)CC)c1. The first-order valence-electron chi connectivity index (χ1n) is 7.28. The van der Waals surface area contributed by atoms with Crippen LogP contribution in [0.4, 0.5) is 5.69 Å². The lowest BCUT2D eigenvalue weighted by atomic mass is 10.2. The summed E-state index contributed by atoms with van der Waals surface area (Å²) >= 11 is 0. The van der Waals surface area contributed by atoms with Crippen molar-refractivity contribution in [1.82, 2.24) is 0 Å². The van der Waals surface area contributed by atoms with E-state index in [4.69, 9.17) is 9.47 Å². The summed E-state index contributed by atoms with van der Waals surface area (Å²) in [5.74, 6) is 1.67. The lowest BCUT2D eigenvalue weighted by molar-refractivity contribution is 0.331. The zero-order chi connectivity index (χ0) is 15.9. The van der Waals surface area contributed by atoms with Gasteiger partial charge in [-0.2, -0.15) is 0 Å². The van der Waals surface area contributed by atoms with Crippen LogP contribution in [-0.4, -0.2) is 39.2 Å². The molecule has 1 rings (SSSR count). The molecule has 1 aromatic rings. The molecule has 0 spiro atoms. The predicted molar refractivity (Wildman–Crippen MR) is 86.2 cm³/mol. The summed E-state index contributed by atoms with van der Waals surface area (Å²) in [6.07, 6.45) is 0. The maximum atomic E-state index is 11.7. The van der Waals surface area contributed by atoms with Gasteiger partial charge in [-0.1, -0.05) is 6.92 Å². The minimum Gasteiger partial charge on any atom is -0.494 e. The van der Waals surface area contributed by atoms with Crippen LogP contribution in [0.2, 0.25) is 0 Å². The van der Waals surface area contributed by atoms with E-state index in [1.54, 1.807) is 6.92 Å². The summed E-state index contributed by atoms with van der Waals surface area (Å²) < 4.78 is 34.4. The molecule has 0 saturated heterocycles. The smallest absolute Gasteiger partial charge is 0.152 e. The first-order valence-corrected chi connectivity index (χ1v) is 9.10. The Morgan fingerprint density at radius 1 is 1.14 bits per heavy atom. The van der Waals surface area contributed by atoms with Gasteiger partial charge >= 0.3 is 0 Å². The fourth-order valence-electron chi connectivity index (χ4n) is 1.97. The molecule has 0 radical (unpaired) electrons. The third-order valence-corrected chi connectivity index (χ3v) is 4.80. The van der Waals surface area contributed by atoms with Gasteiger partial charge in [-0.3, -0.25) is 0 Å². The van der Waals surface area contributed by atoms with Crippen molar-refractivity contribution in [3.05, 3.63) is 18.2 Å². The van der Waals surface area contributed by atoms with E-state index in [0.717, 1.165) is 11.4 Å². The van der Waals surface area contributed by atoms with Crippen LogP contribution in [0.5, 0.6) is 11.5 Å². The van der Waals surface area contributed by atoms with E-state index >= 15 is 0 Å². The fourth-order valence-corrected chi connectivity index (χ4v) is 3.05. The monoisotopic (exact) mass is 315 g/mol. The Balaban J connectivity index is 2.90. The Hall–Kier alpha value is -1.43. The number of rotatable bonds is 9. The molecule has 1 unspecified atom stereocenters. The number of sulfone groups is 1. The molecule has 0 aromatic heterocycles. The highest BCUT2D eigenvalue weighted by molar-refractivity contribution is 7.91. The second kappa shape index (κ2) is 8.12. The minimum atomic E-state index is -3.02. The molecular weight excluding hydrogens is 290 g/mol. The molecule has 0 bridgehead atoms. The van der Waals surface area contributed by atoms with Gasteiger partial charge in [0.2, 0.25) is 0 Å². The molecule has 0 amide bonds. The summed E-state index contributed by atoms with van der Waals surface area (Å²) in [5, 5.41) is 3.20. The van der Waals surface area contributed by atoms with E-state index in [-0.39, 0.29) is 17.5 Å². The van der Waals surface area contributed by atoms with Crippen molar-refractivity contribution in [3.8, 4) is 11.5 Å². The number of nitrogens with one attached hydrogen (secondary N) is 1. The van der Waals surface area contributed by atoms with Gasteiger partial charge in [-0.25, -0.2) is 8.42 Å². The van der Waals surface area contributed by atoms with Crippen molar-refractivity contribution in [2.24, 2.45) is 0 Å². The summed E-state index contributed by atoms with van der Waals surface area (Å²) in [6.45, 7) is 8.45. The number of benzene rings is 1. The molecule has 0 aliphatic rings. The van der Waals surface area contributed by atoms with E-state index < -0.39 is 9.84 Å². The fraction of sp³-hybridized carbons (Fsp3) is 0.600. The Morgan fingerprint density at radius 3 is 2.38 bits per heavy atom. The van der Waals surface area contributed by atoms with Gasteiger partial charge in [0.1, 0.15) is 11.5 Å². The molecule has 1 N–H and O–H groups in total. The molecule has 0 heterocycles. The van der Waals surface area contributed by atoms with Gasteiger partial charge in [0.15, 0.2) is 9.84 Å². The van der Waals surface area contributed by atoms with Crippen molar-refractivity contribution in [3.63, 3.8) is 0 Å². The van der Waals surface area contributed by atoms with Crippen molar-refractivity contribution in [2.45, 2.75) is 33.7 Å². The van der Waals surface area contributed by atoms with Crippen molar-refractivity contribution in [1.29, 1.82) is 0 Å². The standard InChI is InChI=1S/C15H25NO4S/c1-5-19-13-8-9-15(20-6-2)14(10-13)16-12(4)11-21(17,18)7-3/h8-10,12,16H,5-7,11H2,1-4H3. The molecule has 21 heavy (non-hydrogen) atoms. The Bertz CT molecular complexity index is 543. The van der Waals surface area contributed by atoms with E-state index in [9.17, 15) is 8.42 Å². The first kappa shape index (κ1) is 17.6. The Morgan fingerprint density at radius 2 is 1.81 bits per heavy atom. The van der Waals surface area contributed by atoms with Crippen LogP contribution in [-0.2, 0) is 9.84 Å². The van der Waals surface area contributed by atoms with Crippen LogP contribution in [0.15, 0.2) is 18.2 Å². The third-order valence-electron chi connectivity index (χ3n) is 2.91. The number of hydrogen-bond acceptors (Lipinski definition) is 5. The van der Waals surface area contributed by atoms with Crippen LogP contribution < -0.4 is 14.8 Å². The van der Waals surface area contributed by atoms with E-state index in [1.807, 2.05) is 39.0 Å². The lowest BCUT2D eigenvalue weighted by Crippen LogP contribution is -2.27. The molecule has 0 fully saturated rings. The third kappa shape index (κ3) is 5.83. The quantitative estimate of drug-likeness (QED) is 0.759. The van der Waals surface area contributed by atoms with Gasteiger partial charge in [0.05, 0.1) is 24.7 Å². The highest BCUT2D eigenvalue weighted by atomic mass is 32.2. The largest absolute Gasteiger partial charge is 0.494 e. The molecule has 0 aliphatic heterocycles. The summed E-state index contributed by atoms with van der Waals surface area (Å²) in [4.78, 5) is 0. The molecule has 6 heteroatoms. The van der Waals surface area contributed by atoms with Crippen LogP contribution in [0.25, 0.3) is 0 Å². The van der Waals surface area contributed by atoms with Crippen molar-refractivity contribution < 1.29 is 17.9 Å². The highest BCUT2D eigenvalue weighted by Crippen LogP contribution is 2.30. The number of ether oxygens (including phenoxy) is 2. The normalized spacial score (nSPS) is 12.8. The lowest BCUT2D eigenvalue weighted by Gasteiger charge is -2.19. The zero-order valence-corrected chi connectivity index (χ0v) is 14.0. The summed E-state index contributed by atoms with van der Waals surface area (Å²) in [5.41, 5.74) is 0.751. The minimum absolute atomic E-state index is 0.0912. The molecule has 1 atom stereocenters. The van der Waals surface area contributed by atoms with E-state index in [0.29, 0.717) is 19.0 Å². The maximum Gasteiger partial charge on any atom is 0.152 e. The topological polar surface area (TPSA) is 64.6 Å². The van der Waals surface area contributed by atoms with Gasteiger partial charge in [0, 0.05) is 17.9 Å². The second-order valence-corrected chi connectivity index (χ2v) is 7.17. The molecule has 120 valence electrons. The van der Waals surface area contributed by atoms with Crippen LogP contribution >= 0.6 is 0 Å². The molecular formula is C15H25NO4S. The predicted octanol–water partition coefficient (Wildman–Crippen LogP) is 2.72. The average molecular weight is 315 g/mol. The van der Waals surface area contributed by atoms with Gasteiger partial charge in [0.25, 0.3) is 0 Å². The molecule has 0 aliphatic carbocycles. The number of hydrogen-bond donors (Lipinski definition) is 1. The van der Waals surface area contributed by atoms with Gasteiger partial charge in [-0.05, 0) is 32.9 Å². The Kier molecular flexibility index (Phi) is 6.81. The maximum absolute atomic E-state index is 11.7. The molecule has 1 aromatic carbocycles. The highest BCUT2D eigenvalue weighted by Gasteiger charge is 2.15. The van der Waals surface area contributed by atoms with E-state index in [2.05, 4.69) is 5.32 Å². The zero-order valence-electron chi connectivity index (χ0n) is 13.2. The van der Waals surface area contributed by atoms with Crippen molar-refractivity contribution in [2.75, 3.05) is 30.0 Å². The van der Waals surface area contributed by atoms with Crippen LogP contribution in [0.3, 0.4) is 0 Å². The second-order valence-electron chi connectivity index (χ2n) is 4.77. The number of anilines is 1. The summed E-state index contributed by atoms with van der Waals surface area (Å²) in [6, 6.07) is 5.31.